The van der Waals surface area contributed by atoms with E-state index in [1.165, 1.54) is 22.7 Å². The van der Waals surface area contributed by atoms with E-state index >= 15 is 0 Å². The van der Waals surface area contributed by atoms with Crippen LogP contribution in [0.25, 0.3) is 20.4 Å². The zero-order valence-electron chi connectivity index (χ0n) is 14.8. The van der Waals surface area contributed by atoms with Crippen LogP contribution in [0.15, 0.2) is 47.5 Å². The van der Waals surface area contributed by atoms with Crippen molar-refractivity contribution in [3.05, 3.63) is 52.3 Å². The van der Waals surface area contributed by atoms with Gasteiger partial charge in [-0.15, -0.1) is 11.3 Å². The molecule has 1 amide bonds. The quantitative estimate of drug-likeness (QED) is 0.484. The van der Waals surface area contributed by atoms with Gasteiger partial charge in [-0.05, 0) is 30.5 Å². The summed E-state index contributed by atoms with van der Waals surface area (Å²) in [4.78, 5) is 22.3. The van der Waals surface area contributed by atoms with Crippen molar-refractivity contribution in [2.24, 2.45) is 4.99 Å². The summed E-state index contributed by atoms with van der Waals surface area (Å²) in [6.07, 6.45) is 2.07. The first-order valence-corrected chi connectivity index (χ1v) is 11.3. The summed E-state index contributed by atoms with van der Waals surface area (Å²) in [5.74, 6) is 1.43. The lowest BCUT2D eigenvalue weighted by molar-refractivity contribution is 0.0997. The highest BCUT2D eigenvalue weighted by Gasteiger charge is 2.13. The third-order valence-corrected chi connectivity index (χ3v) is 6.76. The zero-order valence-corrected chi connectivity index (χ0v) is 17.3. The summed E-state index contributed by atoms with van der Waals surface area (Å²) >= 11 is 4.65. The molecule has 0 spiro atoms. The number of methoxy groups -OCH3 is 1. The Morgan fingerprint density at radius 2 is 2.07 bits per heavy atom. The number of rotatable bonds is 5. The first-order chi connectivity index (χ1) is 13.2. The second-order valence-electron chi connectivity index (χ2n) is 5.77. The number of aryl methyl sites for hydroxylation is 1. The first-order valence-electron chi connectivity index (χ1n) is 8.30. The molecule has 0 N–H and O–H groups in total. The van der Waals surface area contributed by atoms with Crippen LogP contribution in [-0.4, -0.2) is 34.6 Å². The van der Waals surface area contributed by atoms with Gasteiger partial charge in [-0.3, -0.25) is 4.79 Å². The van der Waals surface area contributed by atoms with E-state index in [1.54, 1.807) is 18.9 Å². The number of benzene rings is 2. The van der Waals surface area contributed by atoms with Gasteiger partial charge in [-0.25, -0.2) is 4.98 Å². The van der Waals surface area contributed by atoms with Crippen molar-refractivity contribution in [3.8, 4) is 5.75 Å². The molecule has 0 saturated heterocycles. The predicted molar refractivity (Wildman–Crippen MR) is 114 cm³/mol. The van der Waals surface area contributed by atoms with Crippen molar-refractivity contribution in [1.29, 1.82) is 0 Å². The number of thioether (sulfide) groups is 1. The molecule has 2 aromatic carbocycles. The Labute approximate surface area is 168 Å². The van der Waals surface area contributed by atoms with E-state index in [9.17, 15) is 4.79 Å². The topological polar surface area (TPSA) is 56.5 Å². The van der Waals surface area contributed by atoms with Crippen molar-refractivity contribution >= 4 is 60.8 Å². The average molecular weight is 416 g/mol. The minimum Gasteiger partial charge on any atom is -0.497 e. The number of thiazole rings is 2. The number of amides is 1. The maximum atomic E-state index is 12.8. The lowest BCUT2D eigenvalue weighted by atomic mass is 10.3. The van der Waals surface area contributed by atoms with Crippen LogP contribution in [0.5, 0.6) is 5.75 Å². The smallest absolute Gasteiger partial charge is 0.308 e. The Morgan fingerprint density at radius 3 is 2.85 bits per heavy atom. The lowest BCUT2D eigenvalue weighted by Gasteiger charge is -2.05. The number of ether oxygens (including phenoxy) is 1. The Balaban J connectivity index is 1.81. The highest BCUT2D eigenvalue weighted by atomic mass is 32.2. The molecule has 0 aliphatic heterocycles. The molecule has 0 fully saturated rings. The molecule has 0 aliphatic carbocycles. The van der Waals surface area contributed by atoms with E-state index in [0.29, 0.717) is 9.81 Å². The molecule has 0 radical (unpaired) electrons. The summed E-state index contributed by atoms with van der Waals surface area (Å²) in [6.45, 7) is 0.778. The van der Waals surface area contributed by atoms with Crippen LogP contribution in [0.1, 0.15) is 9.80 Å². The first kappa shape index (κ1) is 18.2. The Hall–Kier alpha value is -2.16. The van der Waals surface area contributed by atoms with Gasteiger partial charge in [0.15, 0.2) is 9.81 Å². The summed E-state index contributed by atoms with van der Waals surface area (Å²) in [6, 6.07) is 13.7. The SMILES string of the molecule is COc1ccc2sc(=NC(=O)c3nc4ccccc4s3)n(CCSC)c2c1. The van der Waals surface area contributed by atoms with Gasteiger partial charge in [-0.2, -0.15) is 16.8 Å². The number of carbonyl (C=O) groups is 1. The maximum Gasteiger partial charge on any atom is 0.308 e. The van der Waals surface area contributed by atoms with Crippen molar-refractivity contribution in [3.63, 3.8) is 0 Å². The Morgan fingerprint density at radius 1 is 1.22 bits per heavy atom. The van der Waals surface area contributed by atoms with Crippen molar-refractivity contribution in [2.45, 2.75) is 6.54 Å². The van der Waals surface area contributed by atoms with Crippen LogP contribution in [-0.2, 0) is 6.54 Å². The van der Waals surface area contributed by atoms with E-state index in [2.05, 4.69) is 20.8 Å². The monoisotopic (exact) mass is 415 g/mol. The molecular weight excluding hydrogens is 398 g/mol. The van der Waals surface area contributed by atoms with Gasteiger partial charge in [0.1, 0.15) is 5.75 Å². The van der Waals surface area contributed by atoms with Crippen LogP contribution in [0.4, 0.5) is 0 Å². The molecule has 0 bridgehead atoms. The van der Waals surface area contributed by atoms with E-state index in [1.807, 2.05) is 42.5 Å². The molecule has 0 aliphatic rings. The number of hydrogen-bond donors (Lipinski definition) is 0. The number of aromatic nitrogens is 2. The lowest BCUT2D eigenvalue weighted by Crippen LogP contribution is -2.18. The van der Waals surface area contributed by atoms with Crippen molar-refractivity contribution in [2.75, 3.05) is 19.1 Å². The van der Waals surface area contributed by atoms with Gasteiger partial charge >= 0.3 is 5.91 Å². The van der Waals surface area contributed by atoms with Gasteiger partial charge in [-0.1, -0.05) is 23.5 Å². The number of hydrogen-bond acceptors (Lipinski definition) is 6. The normalized spacial score (nSPS) is 12.1. The zero-order chi connectivity index (χ0) is 18.8. The van der Waals surface area contributed by atoms with Gasteiger partial charge in [0, 0.05) is 18.4 Å². The van der Waals surface area contributed by atoms with E-state index < -0.39 is 0 Å². The van der Waals surface area contributed by atoms with Crippen LogP contribution >= 0.6 is 34.4 Å². The molecule has 4 aromatic rings. The third kappa shape index (κ3) is 3.65. The fourth-order valence-electron chi connectivity index (χ4n) is 2.76. The molecule has 138 valence electrons. The van der Waals surface area contributed by atoms with Gasteiger partial charge in [0.25, 0.3) is 0 Å². The van der Waals surface area contributed by atoms with Crippen LogP contribution < -0.4 is 9.54 Å². The Kier molecular flexibility index (Phi) is 5.29. The molecule has 5 nitrogen and oxygen atoms in total. The number of carbonyl (C=O) groups excluding carboxylic acids is 1. The second-order valence-corrected chi connectivity index (χ2v) is 8.79. The fraction of sp³-hybridized carbons (Fsp3) is 0.211. The molecule has 4 rings (SSSR count). The highest BCUT2D eigenvalue weighted by Crippen LogP contribution is 2.24. The summed E-state index contributed by atoms with van der Waals surface area (Å²) in [7, 11) is 1.65. The number of nitrogens with zero attached hydrogens (tertiary/aromatic N) is 3. The molecular formula is C19H17N3O2S3. The largest absolute Gasteiger partial charge is 0.497 e. The molecule has 2 heterocycles. The number of para-hydroxylation sites is 1. The van der Waals surface area contributed by atoms with Gasteiger partial charge in [0.2, 0.25) is 0 Å². The molecule has 0 atom stereocenters. The molecule has 8 heteroatoms. The maximum absolute atomic E-state index is 12.8. The number of fused-ring (bicyclic) bond motifs is 2. The van der Waals surface area contributed by atoms with E-state index in [0.717, 1.165) is 38.5 Å². The minimum absolute atomic E-state index is 0.298. The molecule has 27 heavy (non-hydrogen) atoms. The van der Waals surface area contributed by atoms with Crippen LogP contribution in [0, 0.1) is 0 Å². The Bertz CT molecular complexity index is 1160. The second kappa shape index (κ2) is 7.84. The molecule has 0 unspecified atom stereocenters. The van der Waals surface area contributed by atoms with E-state index in [-0.39, 0.29) is 5.91 Å². The van der Waals surface area contributed by atoms with Crippen LogP contribution in [0.3, 0.4) is 0 Å². The van der Waals surface area contributed by atoms with Gasteiger partial charge < -0.3 is 9.30 Å². The standard InChI is InChI=1S/C19H17N3O2S3/c1-24-12-7-8-16-14(11-12)22(9-10-25-2)19(27-16)21-17(23)18-20-13-5-3-4-6-15(13)26-18/h3-8,11H,9-10H2,1-2H3. The fourth-order valence-corrected chi connectivity index (χ4v) is 5.01. The van der Waals surface area contributed by atoms with Crippen molar-refractivity contribution in [1.82, 2.24) is 9.55 Å². The minimum atomic E-state index is -0.298. The van der Waals surface area contributed by atoms with Gasteiger partial charge in [0.05, 0.1) is 27.5 Å². The highest BCUT2D eigenvalue weighted by molar-refractivity contribution is 7.98. The van der Waals surface area contributed by atoms with E-state index in [4.69, 9.17) is 4.74 Å². The predicted octanol–water partition coefficient (Wildman–Crippen LogP) is 4.43. The average Bonchev–Trinajstić information content (AvgIpc) is 3.27. The summed E-state index contributed by atoms with van der Waals surface area (Å²) < 4.78 is 9.51. The van der Waals surface area contributed by atoms with Crippen LogP contribution in [0.2, 0.25) is 0 Å². The summed E-state index contributed by atoms with van der Waals surface area (Å²) in [5.41, 5.74) is 1.86. The third-order valence-electron chi connectivity index (χ3n) is 4.08. The molecule has 0 saturated carbocycles. The summed E-state index contributed by atoms with van der Waals surface area (Å²) in [5, 5.41) is 0.419. The molecule has 2 aromatic heterocycles. The van der Waals surface area contributed by atoms with Crippen molar-refractivity contribution < 1.29 is 9.53 Å².